The molecule has 1 aromatic carbocycles. The van der Waals surface area contributed by atoms with Crippen LogP contribution in [0.4, 0.5) is 0 Å². The first-order valence-corrected chi connectivity index (χ1v) is 16.3. The molecule has 0 aliphatic rings. The molecule has 0 unspecified atom stereocenters. The van der Waals surface area contributed by atoms with Crippen LogP contribution in [0.2, 0.25) is 0 Å². The van der Waals surface area contributed by atoms with E-state index in [2.05, 4.69) is 6.92 Å². The van der Waals surface area contributed by atoms with Crippen molar-refractivity contribution in [2.45, 2.75) is 85.5 Å². The number of unbranched alkanes of at least 4 members (excludes halogenated alkanes) is 5. The van der Waals surface area contributed by atoms with Crippen molar-refractivity contribution in [1.29, 1.82) is 0 Å². The van der Waals surface area contributed by atoms with Gasteiger partial charge in [-0.05, 0) is 46.2 Å². The van der Waals surface area contributed by atoms with Gasteiger partial charge in [-0.1, -0.05) is 39.0 Å². The Kier molecular flexibility index (Phi) is 16.1. The van der Waals surface area contributed by atoms with Gasteiger partial charge in [0.05, 0.1) is 52.5 Å². The largest absolute Gasteiger partial charge is 0.496 e. The quantitative estimate of drug-likeness (QED) is 0.115. The summed E-state index contributed by atoms with van der Waals surface area (Å²) in [5.74, 6) is 1.04. The molecule has 0 fully saturated rings. The second-order valence-electron chi connectivity index (χ2n) is 8.10. The van der Waals surface area contributed by atoms with Crippen LogP contribution in [0.5, 0.6) is 11.5 Å². The van der Waals surface area contributed by atoms with Gasteiger partial charge in [0.1, 0.15) is 11.5 Å². The summed E-state index contributed by atoms with van der Waals surface area (Å²) in [6.45, 7) is 10.9. The van der Waals surface area contributed by atoms with Crippen molar-refractivity contribution in [3.63, 3.8) is 0 Å². The minimum Gasteiger partial charge on any atom is -0.496 e. The molecule has 1 rings (SSSR count). The van der Waals surface area contributed by atoms with E-state index in [1.54, 1.807) is 39.8 Å². The maximum atomic E-state index is 13.3. The minimum atomic E-state index is -3.37. The van der Waals surface area contributed by atoms with Crippen LogP contribution in [0.15, 0.2) is 12.1 Å². The van der Waals surface area contributed by atoms with Crippen molar-refractivity contribution in [2.24, 2.45) is 0 Å². The minimum absolute atomic E-state index is 0.0418. The Morgan fingerprint density at radius 1 is 0.629 bits per heavy atom. The van der Waals surface area contributed by atoms with Crippen molar-refractivity contribution in [3.05, 3.63) is 23.3 Å². The third kappa shape index (κ3) is 11.8. The number of hydrogen-bond acceptors (Lipinski definition) is 8. The summed E-state index contributed by atoms with van der Waals surface area (Å²) in [5.41, 5.74) is 1.30. The molecule has 0 aromatic heterocycles. The molecular weight excluding hydrogens is 490 g/mol. The van der Waals surface area contributed by atoms with E-state index in [0.717, 1.165) is 12.8 Å². The van der Waals surface area contributed by atoms with Gasteiger partial charge in [-0.3, -0.25) is 9.13 Å². The monoisotopic (exact) mass is 536 g/mol. The van der Waals surface area contributed by atoms with E-state index in [1.807, 2.05) is 0 Å². The summed E-state index contributed by atoms with van der Waals surface area (Å²) in [5, 5.41) is 0. The first-order valence-electron chi connectivity index (χ1n) is 12.9. The second-order valence-corrected chi connectivity index (χ2v) is 12.2. The Hall–Kier alpha value is -0.880. The highest BCUT2D eigenvalue weighted by molar-refractivity contribution is 7.53. The van der Waals surface area contributed by atoms with Gasteiger partial charge >= 0.3 is 15.2 Å². The first kappa shape index (κ1) is 32.1. The lowest BCUT2D eigenvalue weighted by atomic mass is 10.1. The molecule has 0 bridgehead atoms. The summed E-state index contributed by atoms with van der Waals surface area (Å²) in [7, 11) is -5.20. The molecule has 0 radical (unpaired) electrons. The summed E-state index contributed by atoms with van der Waals surface area (Å²) in [4.78, 5) is 0. The predicted octanol–water partition coefficient (Wildman–Crippen LogP) is 7.97. The third-order valence-electron chi connectivity index (χ3n) is 5.25. The van der Waals surface area contributed by atoms with Crippen LogP contribution in [0, 0.1) is 0 Å². The smallest absolute Gasteiger partial charge is 0.335 e. The molecular formula is C25H46O8P2. The zero-order chi connectivity index (χ0) is 26.2. The van der Waals surface area contributed by atoms with Crippen LogP contribution in [0.3, 0.4) is 0 Å². The fourth-order valence-electron chi connectivity index (χ4n) is 3.74. The highest BCUT2D eigenvalue weighted by Gasteiger charge is 2.30. The summed E-state index contributed by atoms with van der Waals surface area (Å²) >= 11 is 0. The number of rotatable bonds is 21. The normalized spacial score (nSPS) is 12.2. The van der Waals surface area contributed by atoms with Gasteiger partial charge in [-0.15, -0.1) is 0 Å². The zero-order valence-electron chi connectivity index (χ0n) is 22.5. The lowest BCUT2D eigenvalue weighted by molar-refractivity contribution is 0.217. The van der Waals surface area contributed by atoms with Gasteiger partial charge in [0.2, 0.25) is 0 Å². The SMILES string of the molecule is CCCCCCCCOc1cc(CP(=O)(OCC)OCC)c(OC)cc1CP(=O)(OCC)OCC. The van der Waals surface area contributed by atoms with Crippen molar-refractivity contribution >= 4 is 15.2 Å². The van der Waals surface area contributed by atoms with Gasteiger partial charge in [0.25, 0.3) is 0 Å². The van der Waals surface area contributed by atoms with Crippen molar-refractivity contribution < 1.29 is 36.7 Å². The molecule has 0 saturated carbocycles. The van der Waals surface area contributed by atoms with Crippen LogP contribution < -0.4 is 9.47 Å². The Balaban J connectivity index is 3.25. The molecule has 204 valence electrons. The van der Waals surface area contributed by atoms with Crippen LogP contribution in [0.25, 0.3) is 0 Å². The van der Waals surface area contributed by atoms with Crippen LogP contribution in [-0.4, -0.2) is 40.1 Å². The van der Waals surface area contributed by atoms with Crippen molar-refractivity contribution in [2.75, 3.05) is 40.1 Å². The lowest BCUT2D eigenvalue weighted by Crippen LogP contribution is -2.06. The molecule has 0 heterocycles. The highest BCUT2D eigenvalue weighted by atomic mass is 31.2. The maximum absolute atomic E-state index is 13.3. The fourth-order valence-corrected chi connectivity index (χ4v) is 7.16. The standard InChI is InChI=1S/C25H46O8P2/c1-7-12-13-14-15-16-17-29-25-19-22(20-34(26,30-8-2)31-9-3)24(28-6)18-23(25)21-35(27,32-10-4)33-11-5/h18-19H,7-17,20-21H2,1-6H3. The topological polar surface area (TPSA) is 89.5 Å². The zero-order valence-corrected chi connectivity index (χ0v) is 24.3. The van der Waals surface area contributed by atoms with Gasteiger partial charge in [0, 0.05) is 11.1 Å². The van der Waals surface area contributed by atoms with Gasteiger partial charge in [-0.25, -0.2) is 0 Å². The van der Waals surface area contributed by atoms with Crippen molar-refractivity contribution in [3.8, 4) is 11.5 Å². The first-order chi connectivity index (χ1) is 16.8. The Morgan fingerprint density at radius 2 is 1.06 bits per heavy atom. The van der Waals surface area contributed by atoms with E-state index < -0.39 is 15.2 Å². The Labute approximate surface area is 212 Å². The molecule has 0 spiro atoms. The second kappa shape index (κ2) is 17.6. The van der Waals surface area contributed by atoms with Crippen LogP contribution >= 0.6 is 15.2 Å². The van der Waals surface area contributed by atoms with E-state index in [1.165, 1.54) is 32.8 Å². The summed E-state index contributed by atoms with van der Waals surface area (Å²) in [6, 6.07) is 3.55. The molecule has 0 aliphatic carbocycles. The molecule has 8 nitrogen and oxygen atoms in total. The summed E-state index contributed by atoms with van der Waals surface area (Å²) in [6.07, 6.45) is 6.94. The average molecular weight is 537 g/mol. The highest BCUT2D eigenvalue weighted by Crippen LogP contribution is 2.55. The van der Waals surface area contributed by atoms with E-state index >= 15 is 0 Å². The molecule has 10 heteroatoms. The van der Waals surface area contributed by atoms with E-state index in [0.29, 0.717) is 29.2 Å². The molecule has 0 N–H and O–H groups in total. The van der Waals surface area contributed by atoms with Gasteiger partial charge in [-0.2, -0.15) is 0 Å². The van der Waals surface area contributed by atoms with Gasteiger partial charge < -0.3 is 27.6 Å². The lowest BCUT2D eigenvalue weighted by Gasteiger charge is -2.22. The number of benzene rings is 1. The average Bonchev–Trinajstić information content (AvgIpc) is 2.80. The molecule has 35 heavy (non-hydrogen) atoms. The maximum Gasteiger partial charge on any atom is 0.335 e. The molecule has 0 atom stereocenters. The van der Waals surface area contributed by atoms with E-state index in [-0.39, 0.29) is 38.8 Å². The number of methoxy groups -OCH3 is 1. The fraction of sp³-hybridized carbons (Fsp3) is 0.760. The predicted molar refractivity (Wildman–Crippen MR) is 141 cm³/mol. The third-order valence-corrected chi connectivity index (χ3v) is 9.31. The van der Waals surface area contributed by atoms with Crippen molar-refractivity contribution in [1.82, 2.24) is 0 Å². The molecule has 0 amide bonds. The molecule has 0 aliphatic heterocycles. The summed E-state index contributed by atoms with van der Waals surface area (Å²) < 4.78 is 60.2. The van der Waals surface area contributed by atoms with Gasteiger partial charge in [0.15, 0.2) is 0 Å². The Bertz CT molecular complexity index is 795. The number of ether oxygens (including phenoxy) is 2. The number of hydrogen-bond donors (Lipinski definition) is 0. The van der Waals surface area contributed by atoms with Crippen LogP contribution in [0.1, 0.15) is 84.3 Å². The van der Waals surface area contributed by atoms with Crippen LogP contribution in [-0.2, 0) is 39.5 Å². The molecule has 1 aromatic rings. The van der Waals surface area contributed by atoms with E-state index in [4.69, 9.17) is 27.6 Å². The van der Waals surface area contributed by atoms with E-state index in [9.17, 15) is 9.13 Å². The Morgan fingerprint density at radius 3 is 1.51 bits per heavy atom. The molecule has 0 saturated heterocycles.